The number of amides is 1. The maximum absolute atomic E-state index is 12.0. The van der Waals surface area contributed by atoms with Crippen molar-refractivity contribution < 1.29 is 13.2 Å². The fourth-order valence-electron chi connectivity index (χ4n) is 2.20. The van der Waals surface area contributed by atoms with Gasteiger partial charge in [0.1, 0.15) is 0 Å². The summed E-state index contributed by atoms with van der Waals surface area (Å²) in [4.78, 5) is 12.0. The molecule has 7 heteroatoms. The van der Waals surface area contributed by atoms with Crippen molar-refractivity contribution in [3.63, 3.8) is 0 Å². The van der Waals surface area contributed by atoms with Gasteiger partial charge >= 0.3 is 0 Å². The van der Waals surface area contributed by atoms with Crippen LogP contribution in [0.1, 0.15) is 16.7 Å². The number of carbonyl (C=O) groups is 1. The van der Waals surface area contributed by atoms with Crippen LogP contribution in [0.25, 0.3) is 0 Å². The number of nitrogens with one attached hydrogen (secondary N) is 1. The highest BCUT2D eigenvalue weighted by atomic mass is 32.2. The van der Waals surface area contributed by atoms with E-state index in [0.717, 1.165) is 27.3 Å². The van der Waals surface area contributed by atoms with Gasteiger partial charge in [-0.2, -0.15) is 9.41 Å². The van der Waals surface area contributed by atoms with E-state index in [-0.39, 0.29) is 13.1 Å². The molecule has 0 aliphatic rings. The number of aryl methyl sites for hydroxylation is 1. The molecule has 132 valence electrons. The predicted octanol–water partition coefficient (Wildman–Crippen LogP) is 1.91. The molecule has 0 fully saturated rings. The summed E-state index contributed by atoms with van der Waals surface area (Å²) in [5.74, 6) is -0.495. The van der Waals surface area contributed by atoms with Crippen LogP contribution in [0.2, 0.25) is 0 Å². The van der Waals surface area contributed by atoms with Crippen LogP contribution in [0.5, 0.6) is 0 Å². The molecule has 0 unspecified atom stereocenters. The molecule has 2 rings (SSSR count). The van der Waals surface area contributed by atoms with Crippen molar-refractivity contribution in [3.05, 3.63) is 71.3 Å². The summed E-state index contributed by atoms with van der Waals surface area (Å²) in [6.45, 7) is 1.80. The first-order chi connectivity index (χ1) is 11.8. The average Bonchev–Trinajstić information content (AvgIpc) is 2.54. The fourth-order valence-corrected chi connectivity index (χ4v) is 2.94. The van der Waals surface area contributed by atoms with E-state index in [1.807, 2.05) is 61.5 Å². The lowest BCUT2D eigenvalue weighted by atomic mass is 10.2. The van der Waals surface area contributed by atoms with E-state index in [9.17, 15) is 13.2 Å². The molecule has 0 spiro atoms. The molecular weight excluding hydrogens is 338 g/mol. The van der Waals surface area contributed by atoms with Crippen molar-refractivity contribution in [3.8, 4) is 0 Å². The van der Waals surface area contributed by atoms with E-state index in [1.54, 1.807) is 0 Å². The summed E-state index contributed by atoms with van der Waals surface area (Å²) in [6.07, 6.45) is 2.60. The summed E-state index contributed by atoms with van der Waals surface area (Å²) in [6, 6.07) is 16.8. The maximum atomic E-state index is 12.0. The molecule has 0 radical (unpaired) electrons. The maximum Gasteiger partial charge on any atom is 0.255 e. The first-order valence-corrected chi connectivity index (χ1v) is 9.57. The van der Waals surface area contributed by atoms with Gasteiger partial charge in [-0.1, -0.05) is 60.2 Å². The lowest BCUT2D eigenvalue weighted by molar-refractivity contribution is -0.121. The van der Waals surface area contributed by atoms with E-state index in [1.165, 1.54) is 6.21 Å². The Bertz CT molecular complexity index is 849. The van der Waals surface area contributed by atoms with Gasteiger partial charge in [0, 0.05) is 6.54 Å². The quantitative estimate of drug-likeness (QED) is 0.606. The minimum absolute atomic E-state index is 0.134. The van der Waals surface area contributed by atoms with Gasteiger partial charge in [0.05, 0.1) is 19.0 Å². The van der Waals surface area contributed by atoms with Gasteiger partial charge in [-0.25, -0.2) is 13.8 Å². The second-order valence-corrected chi connectivity index (χ2v) is 7.71. The zero-order valence-electron chi connectivity index (χ0n) is 14.2. The molecule has 0 aromatic heterocycles. The van der Waals surface area contributed by atoms with Crippen molar-refractivity contribution in [2.75, 3.05) is 12.8 Å². The molecule has 0 aliphatic heterocycles. The van der Waals surface area contributed by atoms with Gasteiger partial charge < -0.3 is 0 Å². The molecule has 0 atom stereocenters. The van der Waals surface area contributed by atoms with Crippen LogP contribution in [0.3, 0.4) is 0 Å². The summed E-state index contributed by atoms with van der Waals surface area (Å²) in [5.41, 5.74) is 5.11. The number of hydrazone groups is 1. The van der Waals surface area contributed by atoms with E-state index in [2.05, 4.69) is 10.5 Å². The summed E-state index contributed by atoms with van der Waals surface area (Å²) >= 11 is 0. The topological polar surface area (TPSA) is 78.8 Å². The van der Waals surface area contributed by atoms with Crippen molar-refractivity contribution in [1.29, 1.82) is 0 Å². The zero-order chi connectivity index (χ0) is 18.3. The van der Waals surface area contributed by atoms with Crippen LogP contribution in [0, 0.1) is 6.92 Å². The summed E-state index contributed by atoms with van der Waals surface area (Å²) < 4.78 is 24.9. The third-order valence-corrected chi connectivity index (χ3v) is 4.63. The van der Waals surface area contributed by atoms with Crippen LogP contribution < -0.4 is 5.43 Å². The zero-order valence-corrected chi connectivity index (χ0v) is 15.0. The minimum Gasteiger partial charge on any atom is -0.272 e. The monoisotopic (exact) mass is 359 g/mol. The number of sulfonamides is 1. The third-order valence-electron chi connectivity index (χ3n) is 3.44. The second kappa shape index (κ2) is 8.55. The largest absolute Gasteiger partial charge is 0.272 e. The molecule has 0 heterocycles. The predicted molar refractivity (Wildman–Crippen MR) is 98.6 cm³/mol. The lowest BCUT2D eigenvalue weighted by Gasteiger charge is -2.18. The molecule has 0 bridgehead atoms. The van der Waals surface area contributed by atoms with E-state index < -0.39 is 15.9 Å². The van der Waals surface area contributed by atoms with Crippen LogP contribution in [-0.2, 0) is 21.4 Å². The first-order valence-electron chi connectivity index (χ1n) is 7.72. The molecule has 25 heavy (non-hydrogen) atoms. The molecule has 0 saturated carbocycles. The average molecular weight is 359 g/mol. The van der Waals surface area contributed by atoms with Crippen molar-refractivity contribution in [2.45, 2.75) is 13.5 Å². The SMILES string of the molecule is Cc1cccc(/C=N\NC(=O)CN(Cc2ccccc2)S(C)(=O)=O)c1. The second-order valence-electron chi connectivity index (χ2n) is 5.72. The van der Waals surface area contributed by atoms with Gasteiger partial charge in [-0.05, 0) is 18.1 Å². The Morgan fingerprint density at radius 3 is 2.52 bits per heavy atom. The Morgan fingerprint density at radius 2 is 1.88 bits per heavy atom. The van der Waals surface area contributed by atoms with Gasteiger partial charge in [0.15, 0.2) is 0 Å². The van der Waals surface area contributed by atoms with Crippen molar-refractivity contribution in [2.24, 2.45) is 5.10 Å². The Balaban J connectivity index is 1.97. The van der Waals surface area contributed by atoms with Crippen LogP contribution in [0.4, 0.5) is 0 Å². The Hall–Kier alpha value is -2.51. The lowest BCUT2D eigenvalue weighted by Crippen LogP contribution is -2.38. The molecule has 6 nitrogen and oxygen atoms in total. The number of benzene rings is 2. The molecule has 2 aromatic carbocycles. The minimum atomic E-state index is -3.52. The van der Waals surface area contributed by atoms with E-state index in [0.29, 0.717) is 0 Å². The highest BCUT2D eigenvalue weighted by Crippen LogP contribution is 2.08. The normalized spacial score (nSPS) is 11.8. The Morgan fingerprint density at radius 1 is 1.16 bits per heavy atom. The highest BCUT2D eigenvalue weighted by molar-refractivity contribution is 7.88. The smallest absolute Gasteiger partial charge is 0.255 e. The Kier molecular flexibility index (Phi) is 6.44. The molecular formula is C18H21N3O3S. The third kappa shape index (κ3) is 6.48. The van der Waals surface area contributed by atoms with E-state index >= 15 is 0 Å². The Labute approximate surface area is 148 Å². The molecule has 1 amide bonds. The summed E-state index contributed by atoms with van der Waals surface area (Å²) in [5, 5.41) is 3.88. The van der Waals surface area contributed by atoms with Crippen LogP contribution in [0.15, 0.2) is 59.7 Å². The number of carbonyl (C=O) groups excluding carboxylic acids is 1. The molecule has 1 N–H and O–H groups in total. The van der Waals surface area contributed by atoms with Gasteiger partial charge in [-0.15, -0.1) is 0 Å². The van der Waals surface area contributed by atoms with Crippen molar-refractivity contribution >= 4 is 22.1 Å². The number of rotatable bonds is 7. The summed E-state index contributed by atoms with van der Waals surface area (Å²) in [7, 11) is -3.52. The highest BCUT2D eigenvalue weighted by Gasteiger charge is 2.20. The van der Waals surface area contributed by atoms with Gasteiger partial charge in [-0.3, -0.25) is 4.79 Å². The van der Waals surface area contributed by atoms with Crippen molar-refractivity contribution in [1.82, 2.24) is 9.73 Å². The first kappa shape index (κ1) is 18.8. The number of hydrogen-bond acceptors (Lipinski definition) is 4. The standard InChI is InChI=1S/C18H21N3O3S/c1-15-7-6-10-17(11-15)12-19-20-18(22)14-21(25(2,23)24)13-16-8-4-3-5-9-16/h3-12H,13-14H2,1-2H3,(H,20,22)/b19-12-. The number of nitrogens with zero attached hydrogens (tertiary/aromatic N) is 2. The molecule has 0 aliphatic carbocycles. The fraction of sp³-hybridized carbons (Fsp3) is 0.222. The van der Waals surface area contributed by atoms with E-state index in [4.69, 9.17) is 0 Å². The number of hydrogen-bond donors (Lipinski definition) is 1. The van der Waals surface area contributed by atoms with Crippen LogP contribution in [-0.4, -0.2) is 37.6 Å². The van der Waals surface area contributed by atoms with Gasteiger partial charge in [0.25, 0.3) is 5.91 Å². The van der Waals surface area contributed by atoms with Gasteiger partial charge in [0.2, 0.25) is 10.0 Å². The molecule has 2 aromatic rings. The molecule has 0 saturated heterocycles. The van der Waals surface area contributed by atoms with Crippen LogP contribution >= 0.6 is 0 Å².